The summed E-state index contributed by atoms with van der Waals surface area (Å²) in [5.41, 5.74) is 0.971. The van der Waals surface area contributed by atoms with Gasteiger partial charge in [-0.1, -0.05) is 16.8 Å². The molecule has 3 rings (SSSR count). The Hall–Kier alpha value is -1.66. The number of aromatic nitrogens is 1. The van der Waals surface area contributed by atoms with Crippen LogP contribution in [0.15, 0.2) is 22.7 Å². The number of amidine groups is 1. The summed E-state index contributed by atoms with van der Waals surface area (Å²) in [6.07, 6.45) is 2.92. The maximum absolute atomic E-state index is 12.1. The van der Waals surface area contributed by atoms with Gasteiger partial charge in [0.25, 0.3) is 0 Å². The molecule has 2 aromatic heterocycles. The number of piperidine rings is 1. The fraction of sp³-hybridized carbons (Fsp3) is 0.471. The van der Waals surface area contributed by atoms with E-state index >= 15 is 0 Å². The molecule has 1 fully saturated rings. The number of nitrogens with zero attached hydrogens (tertiary/aromatic N) is 2. The summed E-state index contributed by atoms with van der Waals surface area (Å²) < 4.78 is 6.03. The molecule has 7 heteroatoms. The van der Waals surface area contributed by atoms with E-state index in [1.807, 2.05) is 13.0 Å². The van der Waals surface area contributed by atoms with Crippen molar-refractivity contribution in [2.75, 3.05) is 13.1 Å². The van der Waals surface area contributed by atoms with E-state index in [4.69, 9.17) is 21.5 Å². The SMILES string of the molecule is CC(=N)N1CCC(c2cc(CCC(=O)c3ccc(Cl)s3)on2)CC1. The summed E-state index contributed by atoms with van der Waals surface area (Å²) in [6, 6.07) is 5.49. The lowest BCUT2D eigenvalue weighted by Gasteiger charge is -2.31. The number of nitrogens with one attached hydrogen (secondary N) is 1. The normalized spacial score (nSPS) is 15.7. The van der Waals surface area contributed by atoms with Crippen LogP contribution in [-0.2, 0) is 6.42 Å². The Morgan fingerprint density at radius 3 is 2.83 bits per heavy atom. The van der Waals surface area contributed by atoms with E-state index in [2.05, 4.69) is 10.1 Å². The highest BCUT2D eigenvalue weighted by atomic mass is 35.5. The van der Waals surface area contributed by atoms with Crippen LogP contribution in [0.1, 0.15) is 53.2 Å². The largest absolute Gasteiger partial charge is 0.361 e. The molecule has 24 heavy (non-hydrogen) atoms. The first kappa shape index (κ1) is 17.2. The van der Waals surface area contributed by atoms with Gasteiger partial charge in [0.1, 0.15) is 5.76 Å². The summed E-state index contributed by atoms with van der Waals surface area (Å²) in [4.78, 5) is 14.9. The number of carbonyl (C=O) groups excluding carboxylic acids is 1. The van der Waals surface area contributed by atoms with Gasteiger partial charge in [0.05, 0.1) is 20.7 Å². The average molecular weight is 366 g/mol. The third kappa shape index (κ3) is 4.05. The van der Waals surface area contributed by atoms with E-state index in [0.29, 0.717) is 33.8 Å². The van der Waals surface area contributed by atoms with Crippen LogP contribution in [0.5, 0.6) is 0 Å². The van der Waals surface area contributed by atoms with Crippen molar-refractivity contribution in [2.24, 2.45) is 0 Å². The second kappa shape index (κ2) is 7.49. The smallest absolute Gasteiger partial charge is 0.173 e. The van der Waals surface area contributed by atoms with Crippen molar-refractivity contribution < 1.29 is 9.32 Å². The van der Waals surface area contributed by atoms with Crippen LogP contribution < -0.4 is 0 Å². The van der Waals surface area contributed by atoms with Crippen LogP contribution in [0.3, 0.4) is 0 Å². The van der Waals surface area contributed by atoms with Gasteiger partial charge in [-0.15, -0.1) is 11.3 Å². The summed E-state index contributed by atoms with van der Waals surface area (Å²) >= 11 is 7.17. The van der Waals surface area contributed by atoms with Gasteiger partial charge in [0.15, 0.2) is 5.78 Å². The molecule has 0 radical (unpaired) electrons. The zero-order valence-corrected chi connectivity index (χ0v) is 15.1. The lowest BCUT2D eigenvalue weighted by Crippen LogP contribution is -2.36. The molecule has 0 aromatic carbocycles. The zero-order chi connectivity index (χ0) is 17.1. The van der Waals surface area contributed by atoms with Crippen LogP contribution >= 0.6 is 22.9 Å². The fourth-order valence-corrected chi connectivity index (χ4v) is 3.98. The van der Waals surface area contributed by atoms with Crippen LogP contribution in [0, 0.1) is 5.41 Å². The number of likely N-dealkylation sites (tertiary alicyclic amines) is 1. The monoisotopic (exact) mass is 365 g/mol. The van der Waals surface area contributed by atoms with Gasteiger partial charge < -0.3 is 9.42 Å². The number of rotatable bonds is 5. The quantitative estimate of drug-likeness (QED) is 0.485. The van der Waals surface area contributed by atoms with E-state index in [1.54, 1.807) is 12.1 Å². The average Bonchev–Trinajstić information content (AvgIpc) is 3.22. The molecule has 2 aromatic rings. The van der Waals surface area contributed by atoms with E-state index in [-0.39, 0.29) is 5.78 Å². The summed E-state index contributed by atoms with van der Waals surface area (Å²) in [5.74, 6) is 1.85. The number of Topliss-reactive ketones (excluding diaryl/α,β-unsaturated/α-hetero) is 1. The molecule has 0 amide bonds. The molecule has 5 nitrogen and oxygen atoms in total. The van der Waals surface area contributed by atoms with Crippen LogP contribution in [0.25, 0.3) is 0 Å². The lowest BCUT2D eigenvalue weighted by atomic mass is 9.93. The first-order valence-electron chi connectivity index (χ1n) is 8.07. The maximum atomic E-state index is 12.1. The molecule has 0 atom stereocenters. The molecule has 1 N–H and O–H groups in total. The molecule has 0 aliphatic carbocycles. The number of hydrogen-bond donors (Lipinski definition) is 1. The van der Waals surface area contributed by atoms with Gasteiger partial charge >= 0.3 is 0 Å². The van der Waals surface area contributed by atoms with Crippen molar-refractivity contribution in [1.82, 2.24) is 10.1 Å². The number of halogens is 1. The van der Waals surface area contributed by atoms with Crippen molar-refractivity contribution in [1.29, 1.82) is 5.41 Å². The molecule has 3 heterocycles. The third-order valence-electron chi connectivity index (χ3n) is 4.41. The minimum Gasteiger partial charge on any atom is -0.361 e. The summed E-state index contributed by atoms with van der Waals surface area (Å²) in [7, 11) is 0. The molecule has 1 saturated heterocycles. The van der Waals surface area contributed by atoms with Gasteiger partial charge in [-0.25, -0.2) is 0 Å². The molecular formula is C17H20ClN3O2S. The van der Waals surface area contributed by atoms with Crippen molar-refractivity contribution >= 4 is 34.6 Å². The van der Waals surface area contributed by atoms with Crippen LogP contribution in [0.4, 0.5) is 0 Å². The molecule has 1 aliphatic rings. The Labute approximate surface area is 150 Å². The van der Waals surface area contributed by atoms with E-state index in [1.165, 1.54) is 11.3 Å². The molecular weight excluding hydrogens is 346 g/mol. The number of ketones is 1. The fourth-order valence-electron chi connectivity index (χ4n) is 2.97. The zero-order valence-electron chi connectivity index (χ0n) is 13.5. The Morgan fingerprint density at radius 2 is 2.21 bits per heavy atom. The third-order valence-corrected chi connectivity index (χ3v) is 5.68. The first-order chi connectivity index (χ1) is 11.5. The van der Waals surface area contributed by atoms with Crippen molar-refractivity contribution in [3.63, 3.8) is 0 Å². The Balaban J connectivity index is 1.52. The topological polar surface area (TPSA) is 70.2 Å². The first-order valence-corrected chi connectivity index (χ1v) is 9.26. The van der Waals surface area contributed by atoms with E-state index < -0.39 is 0 Å². The lowest BCUT2D eigenvalue weighted by molar-refractivity contribution is 0.0984. The van der Waals surface area contributed by atoms with Gasteiger partial charge in [-0.2, -0.15) is 0 Å². The maximum Gasteiger partial charge on any atom is 0.173 e. The van der Waals surface area contributed by atoms with Crippen molar-refractivity contribution in [3.8, 4) is 0 Å². The molecule has 0 unspecified atom stereocenters. The molecule has 1 aliphatic heterocycles. The van der Waals surface area contributed by atoms with Gasteiger partial charge in [0, 0.05) is 37.9 Å². The van der Waals surface area contributed by atoms with E-state index in [0.717, 1.165) is 37.4 Å². The standard InChI is InChI=1S/C17H20ClN3O2S/c1-11(19)21-8-6-12(7-9-21)14-10-13(23-20-14)2-3-15(22)16-4-5-17(18)24-16/h4-5,10,12,19H,2-3,6-9H2,1H3. The van der Waals surface area contributed by atoms with Crippen LogP contribution in [-0.4, -0.2) is 34.8 Å². The second-order valence-corrected chi connectivity index (χ2v) is 7.81. The van der Waals surface area contributed by atoms with Gasteiger partial charge in [-0.3, -0.25) is 10.2 Å². The van der Waals surface area contributed by atoms with Crippen molar-refractivity contribution in [2.45, 2.75) is 38.5 Å². The second-order valence-electron chi connectivity index (χ2n) is 6.09. The number of aryl methyl sites for hydroxylation is 1. The van der Waals surface area contributed by atoms with Gasteiger partial charge in [0.2, 0.25) is 0 Å². The predicted molar refractivity (Wildman–Crippen MR) is 95.4 cm³/mol. The highest BCUT2D eigenvalue weighted by Gasteiger charge is 2.23. The highest BCUT2D eigenvalue weighted by Crippen LogP contribution is 2.28. The van der Waals surface area contributed by atoms with Gasteiger partial charge in [-0.05, 0) is 31.9 Å². The predicted octanol–water partition coefficient (Wildman–Crippen LogP) is 4.38. The Morgan fingerprint density at radius 1 is 1.46 bits per heavy atom. The summed E-state index contributed by atoms with van der Waals surface area (Å²) in [6.45, 7) is 3.60. The minimum absolute atomic E-state index is 0.0830. The highest BCUT2D eigenvalue weighted by molar-refractivity contribution is 7.18. The molecule has 0 bridgehead atoms. The van der Waals surface area contributed by atoms with Crippen molar-refractivity contribution in [3.05, 3.63) is 38.9 Å². The molecule has 128 valence electrons. The molecule has 0 saturated carbocycles. The number of thiophene rings is 1. The van der Waals surface area contributed by atoms with Crippen LogP contribution in [0.2, 0.25) is 4.34 Å². The summed E-state index contributed by atoms with van der Waals surface area (Å²) in [5, 5.41) is 11.9. The Bertz CT molecular complexity index is 732. The van der Waals surface area contributed by atoms with E-state index in [9.17, 15) is 4.79 Å². The Kier molecular flexibility index (Phi) is 5.36. The molecule has 0 spiro atoms. The minimum atomic E-state index is 0.0830. The number of hydrogen-bond acceptors (Lipinski definition) is 5. The number of carbonyl (C=O) groups is 1.